The molecular weight excluding hydrogens is 723 g/mol. The molecule has 14 heteroatoms. The highest BCUT2D eigenvalue weighted by atomic mass is 16.5. The Balaban J connectivity index is 1.03. The maximum Gasteiger partial charge on any atom is 0.324 e. The van der Waals surface area contributed by atoms with Gasteiger partial charge in [0.1, 0.15) is 17.3 Å². The average Bonchev–Trinajstić information content (AvgIpc) is 3.63. The molecule has 3 amide bonds. The summed E-state index contributed by atoms with van der Waals surface area (Å²) in [4.78, 5) is 37.9. The number of ether oxygens (including phenoxy) is 3. The van der Waals surface area contributed by atoms with E-state index < -0.39 is 6.03 Å². The average molecular weight is 770 g/mol. The molecule has 57 heavy (non-hydrogen) atoms. The summed E-state index contributed by atoms with van der Waals surface area (Å²) in [6, 6.07) is 27.7. The second-order valence-corrected chi connectivity index (χ2v) is 13.7. The number of hydrogen-bond donors (Lipinski definition) is 4. The molecule has 1 fully saturated rings. The van der Waals surface area contributed by atoms with Crippen LogP contribution in [0.5, 0.6) is 17.4 Å². The predicted octanol–water partition coefficient (Wildman–Crippen LogP) is 7.72. The van der Waals surface area contributed by atoms with E-state index in [2.05, 4.69) is 43.1 Å². The molecule has 294 valence electrons. The lowest BCUT2D eigenvalue weighted by molar-refractivity contribution is 0.0383. The van der Waals surface area contributed by atoms with Gasteiger partial charge in [-0.05, 0) is 62.2 Å². The van der Waals surface area contributed by atoms with Crippen molar-refractivity contribution in [2.24, 2.45) is 0 Å². The van der Waals surface area contributed by atoms with Gasteiger partial charge in [-0.1, -0.05) is 55.3 Å². The number of nitrogens with zero attached hydrogens (tertiary/aromatic N) is 5. The zero-order chi connectivity index (χ0) is 39.6. The van der Waals surface area contributed by atoms with Gasteiger partial charge in [0.05, 0.1) is 43.0 Å². The molecule has 1 aliphatic heterocycles. The van der Waals surface area contributed by atoms with Gasteiger partial charge in [-0.2, -0.15) is 10.1 Å². The van der Waals surface area contributed by atoms with Gasteiger partial charge in [-0.25, -0.2) is 14.5 Å². The highest BCUT2D eigenvalue weighted by Gasteiger charge is 2.18. The van der Waals surface area contributed by atoms with E-state index >= 15 is 0 Å². The highest BCUT2D eigenvalue weighted by molar-refractivity contribution is 6.07. The van der Waals surface area contributed by atoms with E-state index in [9.17, 15) is 9.59 Å². The summed E-state index contributed by atoms with van der Waals surface area (Å²) in [7, 11) is 1.53. The number of morpholine rings is 1. The van der Waals surface area contributed by atoms with Crippen LogP contribution in [0.15, 0.2) is 97.2 Å². The van der Waals surface area contributed by atoms with Crippen molar-refractivity contribution in [3.63, 3.8) is 0 Å². The second kappa shape index (κ2) is 18.4. The lowest BCUT2D eigenvalue weighted by Gasteiger charge is -2.26. The molecule has 0 unspecified atom stereocenters. The maximum absolute atomic E-state index is 13.5. The zero-order valence-electron chi connectivity index (χ0n) is 32.4. The number of anilines is 4. The van der Waals surface area contributed by atoms with Crippen molar-refractivity contribution in [1.29, 1.82) is 0 Å². The third-order valence-electron chi connectivity index (χ3n) is 9.56. The Hall–Kier alpha value is -6.51. The number of hydrogen-bond acceptors (Lipinski definition) is 10. The Morgan fingerprint density at radius 3 is 2.47 bits per heavy atom. The molecule has 4 aromatic carbocycles. The monoisotopic (exact) mass is 769 g/mol. The van der Waals surface area contributed by atoms with E-state index in [-0.39, 0.29) is 11.9 Å². The van der Waals surface area contributed by atoms with E-state index in [1.54, 1.807) is 47.3 Å². The third-order valence-corrected chi connectivity index (χ3v) is 9.56. The third kappa shape index (κ3) is 9.84. The van der Waals surface area contributed by atoms with Crippen LogP contribution in [0.4, 0.5) is 27.9 Å². The molecular formula is C43H47N9O5. The fraction of sp³-hybridized carbons (Fsp3) is 0.279. The van der Waals surface area contributed by atoms with Crippen LogP contribution in [0.25, 0.3) is 16.5 Å². The molecule has 0 radical (unpaired) electrons. The summed E-state index contributed by atoms with van der Waals surface area (Å²) in [5.41, 5.74) is 4.51. The number of carbonyl (C=O) groups excluding carboxylic acids is 2. The number of aromatic nitrogens is 4. The molecule has 0 bridgehead atoms. The van der Waals surface area contributed by atoms with Gasteiger partial charge < -0.3 is 30.2 Å². The first-order valence-corrected chi connectivity index (χ1v) is 19.2. The normalized spacial score (nSPS) is 12.9. The van der Waals surface area contributed by atoms with Gasteiger partial charge >= 0.3 is 6.03 Å². The van der Waals surface area contributed by atoms with Crippen molar-refractivity contribution in [3.8, 4) is 23.1 Å². The fourth-order valence-electron chi connectivity index (χ4n) is 6.53. The zero-order valence-corrected chi connectivity index (χ0v) is 32.4. The van der Waals surface area contributed by atoms with Crippen molar-refractivity contribution in [2.45, 2.75) is 33.1 Å². The molecule has 14 nitrogen and oxygen atoms in total. The first-order valence-electron chi connectivity index (χ1n) is 19.2. The number of unbranched alkanes of at least 4 members (excludes halogenated alkanes) is 1. The van der Waals surface area contributed by atoms with Crippen molar-refractivity contribution in [2.75, 3.05) is 62.5 Å². The molecule has 0 saturated carbocycles. The summed E-state index contributed by atoms with van der Waals surface area (Å²) in [6.45, 7) is 8.52. The molecule has 0 spiro atoms. The van der Waals surface area contributed by atoms with Crippen LogP contribution in [0.1, 0.15) is 41.4 Å². The van der Waals surface area contributed by atoms with Crippen molar-refractivity contribution < 1.29 is 23.8 Å². The van der Waals surface area contributed by atoms with E-state index in [0.717, 1.165) is 66.6 Å². The number of aryl methyl sites for hydroxylation is 2. The Morgan fingerprint density at radius 2 is 1.68 bits per heavy atom. The smallest absolute Gasteiger partial charge is 0.324 e. The number of methoxy groups -OCH3 is 1. The minimum absolute atomic E-state index is 0.241. The van der Waals surface area contributed by atoms with Gasteiger partial charge in [0, 0.05) is 61.0 Å². The quantitative estimate of drug-likeness (QED) is 0.0816. The summed E-state index contributed by atoms with van der Waals surface area (Å²) in [5, 5.41) is 18.6. The minimum Gasteiger partial charge on any atom is -0.496 e. The van der Waals surface area contributed by atoms with E-state index in [4.69, 9.17) is 19.3 Å². The first-order chi connectivity index (χ1) is 27.9. The van der Waals surface area contributed by atoms with Gasteiger partial charge in [0.15, 0.2) is 0 Å². The Kier molecular flexibility index (Phi) is 12.5. The largest absolute Gasteiger partial charge is 0.496 e. The van der Waals surface area contributed by atoms with Crippen molar-refractivity contribution in [3.05, 3.63) is 114 Å². The molecule has 0 atom stereocenters. The van der Waals surface area contributed by atoms with Gasteiger partial charge in [0.25, 0.3) is 5.91 Å². The predicted molar refractivity (Wildman–Crippen MR) is 221 cm³/mol. The van der Waals surface area contributed by atoms with Crippen LogP contribution in [0, 0.1) is 6.92 Å². The summed E-state index contributed by atoms with van der Waals surface area (Å²) >= 11 is 0. The van der Waals surface area contributed by atoms with Gasteiger partial charge in [-0.3, -0.25) is 15.0 Å². The van der Waals surface area contributed by atoms with Crippen LogP contribution in [-0.2, 0) is 11.2 Å². The Bertz CT molecular complexity index is 2320. The van der Waals surface area contributed by atoms with E-state index in [1.165, 1.54) is 7.11 Å². The van der Waals surface area contributed by atoms with E-state index in [0.29, 0.717) is 59.9 Å². The second-order valence-electron chi connectivity index (χ2n) is 13.7. The molecule has 7 rings (SSSR count). The number of amides is 3. The van der Waals surface area contributed by atoms with Crippen LogP contribution >= 0.6 is 0 Å². The summed E-state index contributed by atoms with van der Waals surface area (Å²) in [5.74, 6) is 1.91. The summed E-state index contributed by atoms with van der Waals surface area (Å²) in [6.07, 6.45) is 4.46. The number of benzene rings is 4. The highest BCUT2D eigenvalue weighted by Crippen LogP contribution is 2.34. The van der Waals surface area contributed by atoms with Gasteiger partial charge in [0.2, 0.25) is 11.8 Å². The number of nitrogens with one attached hydrogen (secondary N) is 4. The number of rotatable bonds is 15. The maximum atomic E-state index is 13.5. The molecule has 1 saturated heterocycles. The number of carbonyl (C=O) groups is 2. The fourth-order valence-corrected chi connectivity index (χ4v) is 6.53. The minimum atomic E-state index is -0.400. The van der Waals surface area contributed by atoms with Crippen LogP contribution in [0.2, 0.25) is 0 Å². The topological polar surface area (TPSA) is 157 Å². The molecule has 1 aliphatic rings. The van der Waals surface area contributed by atoms with Gasteiger partial charge in [-0.15, -0.1) is 0 Å². The SMILES string of the molecule is CCCCc1cc(NC(=O)Nc2ccc(Oc3ccnc(Nc4ccc(OC)c(C(=O)NCCN5CCOCC5)c4)n3)c3ccccc23)n(-c2ccc(C)cc2)n1. The number of fused-ring (bicyclic) bond motifs is 1. The van der Waals surface area contributed by atoms with Crippen molar-refractivity contribution in [1.82, 2.24) is 30.0 Å². The Labute approximate surface area is 331 Å². The molecule has 3 heterocycles. The molecule has 2 aromatic heterocycles. The van der Waals surface area contributed by atoms with Crippen LogP contribution in [0.3, 0.4) is 0 Å². The lowest BCUT2D eigenvalue weighted by Crippen LogP contribution is -2.41. The van der Waals surface area contributed by atoms with E-state index in [1.807, 2.05) is 61.5 Å². The Morgan fingerprint density at radius 1 is 0.895 bits per heavy atom. The van der Waals surface area contributed by atoms with Crippen LogP contribution in [-0.4, -0.2) is 83.1 Å². The molecule has 4 N–H and O–H groups in total. The molecule has 6 aromatic rings. The summed E-state index contributed by atoms with van der Waals surface area (Å²) < 4.78 is 19.0. The van der Waals surface area contributed by atoms with Crippen molar-refractivity contribution >= 4 is 45.9 Å². The standard InChI is InChI=1S/C43H47N9O5/c1-4-5-8-31-28-39(52(50-31)32-14-11-29(2)12-15-32)48-43(54)47-36-16-18-38(34-10-7-6-9-33(34)36)57-40-19-20-45-42(49-40)46-30-13-17-37(55-3)35(27-30)41(53)44-21-22-51-23-25-56-26-24-51/h6-7,9-20,27-28H,4-5,8,21-26H2,1-3H3,(H,44,53)(H,45,46,49)(H2,47,48,54). The van der Waals surface area contributed by atoms with Crippen LogP contribution < -0.4 is 30.7 Å². The first kappa shape index (κ1) is 38.8. The number of urea groups is 1. The lowest BCUT2D eigenvalue weighted by atomic mass is 10.1. The molecule has 0 aliphatic carbocycles.